The Morgan fingerprint density at radius 2 is 1.95 bits per heavy atom. The first-order valence-corrected chi connectivity index (χ1v) is 7.47. The summed E-state index contributed by atoms with van der Waals surface area (Å²) in [4.78, 5) is 5.51. The first kappa shape index (κ1) is 14.1. The van der Waals surface area contributed by atoms with E-state index in [-0.39, 0.29) is 5.92 Å². The zero-order chi connectivity index (χ0) is 13.8. The predicted octanol–water partition coefficient (Wildman–Crippen LogP) is 3.02. The number of hydrogen-bond acceptors (Lipinski definition) is 5. The van der Waals surface area contributed by atoms with Gasteiger partial charge in [0.05, 0.1) is 12.5 Å². The summed E-state index contributed by atoms with van der Waals surface area (Å²) in [6.07, 6.45) is 1.98. The van der Waals surface area contributed by atoms with Gasteiger partial charge in [-0.2, -0.15) is 4.98 Å². The number of thioether (sulfide) groups is 1. The van der Waals surface area contributed by atoms with Crippen molar-refractivity contribution >= 4 is 11.8 Å². The molecule has 0 saturated heterocycles. The Morgan fingerprint density at radius 3 is 2.53 bits per heavy atom. The second-order valence-electron chi connectivity index (χ2n) is 4.76. The summed E-state index contributed by atoms with van der Waals surface area (Å²) in [5.41, 5.74) is 0.923. The van der Waals surface area contributed by atoms with Crippen LogP contribution in [0, 0.1) is 5.92 Å². The third kappa shape index (κ3) is 3.58. The molecule has 5 heteroatoms. The lowest BCUT2D eigenvalue weighted by Gasteiger charge is -2.10. The summed E-state index contributed by atoms with van der Waals surface area (Å²) in [6, 6.07) is 8.00. The van der Waals surface area contributed by atoms with Crippen molar-refractivity contribution in [3.8, 4) is 11.4 Å². The molecular formula is C14H18N2O2S. The predicted molar refractivity (Wildman–Crippen MR) is 76.1 cm³/mol. The van der Waals surface area contributed by atoms with Crippen molar-refractivity contribution in [2.45, 2.75) is 31.3 Å². The topological polar surface area (TPSA) is 59.2 Å². The van der Waals surface area contributed by atoms with E-state index in [0.29, 0.717) is 18.1 Å². The van der Waals surface area contributed by atoms with Crippen molar-refractivity contribution in [2.75, 3.05) is 6.26 Å². The van der Waals surface area contributed by atoms with E-state index in [1.165, 1.54) is 4.90 Å². The van der Waals surface area contributed by atoms with Crippen molar-refractivity contribution in [1.82, 2.24) is 10.1 Å². The fraction of sp³-hybridized carbons (Fsp3) is 0.429. The van der Waals surface area contributed by atoms with Crippen LogP contribution in [0.2, 0.25) is 0 Å². The van der Waals surface area contributed by atoms with Crippen LogP contribution in [0.15, 0.2) is 33.7 Å². The minimum Gasteiger partial charge on any atom is -0.392 e. The van der Waals surface area contributed by atoms with Crippen LogP contribution in [-0.4, -0.2) is 27.6 Å². The molecule has 1 N–H and O–H groups in total. The second-order valence-corrected chi connectivity index (χ2v) is 5.64. The van der Waals surface area contributed by atoms with Crippen molar-refractivity contribution in [2.24, 2.45) is 5.92 Å². The van der Waals surface area contributed by atoms with Gasteiger partial charge in [-0.1, -0.05) is 19.0 Å². The minimum absolute atomic E-state index is 0.177. The Bertz CT molecular complexity index is 522. The van der Waals surface area contributed by atoms with E-state index >= 15 is 0 Å². The number of benzene rings is 1. The zero-order valence-electron chi connectivity index (χ0n) is 11.3. The molecule has 1 heterocycles. The molecule has 2 rings (SSSR count). The molecule has 4 nitrogen and oxygen atoms in total. The molecule has 0 aliphatic carbocycles. The number of nitrogens with zero attached hydrogens (tertiary/aromatic N) is 2. The summed E-state index contributed by atoms with van der Waals surface area (Å²) in [5.74, 6) is 1.22. The molecule has 0 radical (unpaired) electrons. The van der Waals surface area contributed by atoms with Crippen molar-refractivity contribution < 1.29 is 9.63 Å². The molecule has 1 unspecified atom stereocenters. The lowest BCUT2D eigenvalue weighted by molar-refractivity contribution is 0.116. The van der Waals surface area contributed by atoms with Crippen molar-refractivity contribution in [3.05, 3.63) is 30.2 Å². The molecule has 19 heavy (non-hydrogen) atoms. The Hall–Kier alpha value is -1.33. The SMILES string of the molecule is CSc1ccc(-c2noc(CC(O)C(C)C)n2)cc1. The molecule has 2 aromatic rings. The molecule has 1 aromatic heterocycles. The molecule has 0 spiro atoms. The maximum Gasteiger partial charge on any atom is 0.229 e. The van der Waals surface area contributed by atoms with Gasteiger partial charge in [0.1, 0.15) is 0 Å². The summed E-state index contributed by atoms with van der Waals surface area (Å²) >= 11 is 1.69. The van der Waals surface area contributed by atoms with Crippen LogP contribution >= 0.6 is 11.8 Å². The first-order valence-electron chi connectivity index (χ1n) is 6.25. The van der Waals surface area contributed by atoms with Crippen LogP contribution in [0.1, 0.15) is 19.7 Å². The monoisotopic (exact) mass is 278 g/mol. The van der Waals surface area contributed by atoms with E-state index in [1.807, 2.05) is 44.4 Å². The highest BCUT2D eigenvalue weighted by atomic mass is 32.2. The van der Waals surface area contributed by atoms with Crippen LogP contribution < -0.4 is 0 Å². The van der Waals surface area contributed by atoms with Crippen LogP contribution in [-0.2, 0) is 6.42 Å². The zero-order valence-corrected chi connectivity index (χ0v) is 12.1. The summed E-state index contributed by atoms with van der Waals surface area (Å²) < 4.78 is 5.17. The third-order valence-electron chi connectivity index (χ3n) is 2.97. The van der Waals surface area contributed by atoms with Gasteiger partial charge in [-0.25, -0.2) is 0 Å². The largest absolute Gasteiger partial charge is 0.392 e. The molecular weight excluding hydrogens is 260 g/mol. The number of aliphatic hydroxyl groups excluding tert-OH is 1. The van der Waals surface area contributed by atoms with Crippen molar-refractivity contribution in [3.63, 3.8) is 0 Å². The molecule has 0 aliphatic rings. The number of rotatable bonds is 5. The number of hydrogen-bond donors (Lipinski definition) is 1. The van der Waals surface area contributed by atoms with Gasteiger partial charge in [0.15, 0.2) is 0 Å². The van der Waals surface area contributed by atoms with Crippen LogP contribution in [0.25, 0.3) is 11.4 Å². The lowest BCUT2D eigenvalue weighted by atomic mass is 10.0. The van der Waals surface area contributed by atoms with E-state index in [9.17, 15) is 5.11 Å². The Kier molecular flexibility index (Phi) is 4.61. The van der Waals surface area contributed by atoms with Gasteiger partial charge in [0, 0.05) is 10.5 Å². The van der Waals surface area contributed by atoms with Gasteiger partial charge in [-0.05, 0) is 36.4 Å². The fourth-order valence-electron chi connectivity index (χ4n) is 1.61. The van der Waals surface area contributed by atoms with Gasteiger partial charge in [-0.15, -0.1) is 11.8 Å². The maximum atomic E-state index is 9.80. The van der Waals surface area contributed by atoms with E-state index < -0.39 is 6.10 Å². The smallest absolute Gasteiger partial charge is 0.229 e. The van der Waals surface area contributed by atoms with Gasteiger partial charge in [-0.3, -0.25) is 0 Å². The molecule has 0 fully saturated rings. The van der Waals surface area contributed by atoms with Gasteiger partial charge in [0.25, 0.3) is 0 Å². The summed E-state index contributed by atoms with van der Waals surface area (Å²) in [5, 5.41) is 13.7. The average molecular weight is 278 g/mol. The standard InChI is InChI=1S/C14H18N2O2S/c1-9(2)12(17)8-13-15-14(16-18-13)10-4-6-11(19-3)7-5-10/h4-7,9,12,17H,8H2,1-3H3. The Morgan fingerprint density at radius 1 is 1.26 bits per heavy atom. The number of aromatic nitrogens is 2. The molecule has 1 atom stereocenters. The van der Waals surface area contributed by atoms with Crippen molar-refractivity contribution in [1.29, 1.82) is 0 Å². The van der Waals surface area contributed by atoms with Gasteiger partial charge >= 0.3 is 0 Å². The molecule has 0 amide bonds. The minimum atomic E-state index is -0.452. The van der Waals surface area contributed by atoms with Crippen LogP contribution in [0.3, 0.4) is 0 Å². The Balaban J connectivity index is 2.11. The highest BCUT2D eigenvalue weighted by molar-refractivity contribution is 7.98. The molecule has 102 valence electrons. The highest BCUT2D eigenvalue weighted by Gasteiger charge is 2.15. The molecule has 1 aromatic carbocycles. The van der Waals surface area contributed by atoms with E-state index in [1.54, 1.807) is 11.8 Å². The number of aliphatic hydroxyl groups is 1. The van der Waals surface area contributed by atoms with E-state index in [0.717, 1.165) is 5.56 Å². The molecule has 0 saturated carbocycles. The second kappa shape index (κ2) is 6.21. The van der Waals surface area contributed by atoms with Gasteiger partial charge in [0.2, 0.25) is 11.7 Å². The molecule has 0 bridgehead atoms. The summed E-state index contributed by atoms with van der Waals surface area (Å²) in [7, 11) is 0. The van der Waals surface area contributed by atoms with E-state index in [4.69, 9.17) is 4.52 Å². The maximum absolute atomic E-state index is 9.80. The normalized spacial score (nSPS) is 12.9. The third-order valence-corrected chi connectivity index (χ3v) is 3.71. The summed E-state index contributed by atoms with van der Waals surface area (Å²) in [6.45, 7) is 3.92. The first-order chi connectivity index (χ1) is 9.10. The van der Waals surface area contributed by atoms with Crippen LogP contribution in [0.5, 0.6) is 0 Å². The fourth-order valence-corrected chi connectivity index (χ4v) is 2.02. The highest BCUT2D eigenvalue weighted by Crippen LogP contribution is 2.21. The van der Waals surface area contributed by atoms with Gasteiger partial charge < -0.3 is 9.63 Å². The quantitative estimate of drug-likeness (QED) is 0.852. The molecule has 0 aliphatic heterocycles. The van der Waals surface area contributed by atoms with Crippen LogP contribution in [0.4, 0.5) is 0 Å². The average Bonchev–Trinajstić information content (AvgIpc) is 2.87. The lowest BCUT2D eigenvalue weighted by Crippen LogP contribution is -2.17. The Labute approximate surface area is 117 Å². The van der Waals surface area contributed by atoms with E-state index in [2.05, 4.69) is 10.1 Å².